The molecule has 3 rings (SSSR count). The molecule has 104 valence electrons. The minimum absolute atomic E-state index is 0.105. The first-order chi connectivity index (χ1) is 9.49. The molecule has 1 aromatic rings. The molecule has 2 aliphatic rings. The van der Waals surface area contributed by atoms with Crippen molar-refractivity contribution in [2.24, 2.45) is 0 Å². The van der Waals surface area contributed by atoms with E-state index in [1.54, 1.807) is 6.07 Å². The lowest BCUT2D eigenvalue weighted by Crippen LogP contribution is -2.38. The van der Waals surface area contributed by atoms with E-state index in [0.29, 0.717) is 18.5 Å². The topological polar surface area (TPSA) is 107 Å². The number of fused-ring (bicyclic) bond motifs is 3. The minimum atomic E-state index is -1.02. The number of hydrogen-bond donors (Lipinski definition) is 0. The Morgan fingerprint density at radius 1 is 1.25 bits per heavy atom. The average Bonchev–Trinajstić information content (AvgIpc) is 2.76. The normalized spacial score (nSPS) is 24.2. The van der Waals surface area contributed by atoms with Gasteiger partial charge in [-0.2, -0.15) is 0 Å². The lowest BCUT2D eigenvalue weighted by atomic mass is 9.90. The smallest absolute Gasteiger partial charge is 0.269 e. The number of hydrogen-bond acceptors (Lipinski definition) is 5. The van der Waals surface area contributed by atoms with Gasteiger partial charge in [0.15, 0.2) is 0 Å². The predicted molar refractivity (Wildman–Crippen MR) is 66.7 cm³/mol. The van der Waals surface area contributed by atoms with Crippen LogP contribution in [-0.4, -0.2) is 33.2 Å². The Morgan fingerprint density at radius 3 is 2.65 bits per heavy atom. The predicted octanol–water partition coefficient (Wildman–Crippen LogP) is 1.07. The highest BCUT2D eigenvalue weighted by molar-refractivity contribution is 5.80. The molecule has 20 heavy (non-hydrogen) atoms. The van der Waals surface area contributed by atoms with Crippen molar-refractivity contribution in [2.45, 2.75) is 24.9 Å². The number of amides is 1. The van der Waals surface area contributed by atoms with E-state index in [1.165, 1.54) is 17.0 Å². The zero-order valence-corrected chi connectivity index (χ0v) is 10.4. The maximum absolute atomic E-state index is 11.8. The fourth-order valence-corrected chi connectivity index (χ4v) is 3.04. The SMILES string of the molecule is O=C1C[C@@H]([N+](=O)[O-])[C@@H]2c3cc([N+](=O)[O-])ccc3CCN12. The summed E-state index contributed by atoms with van der Waals surface area (Å²) in [5, 5.41) is 22.0. The second kappa shape index (κ2) is 4.26. The quantitative estimate of drug-likeness (QED) is 0.593. The van der Waals surface area contributed by atoms with Crippen LogP contribution >= 0.6 is 0 Å². The van der Waals surface area contributed by atoms with E-state index >= 15 is 0 Å². The lowest BCUT2D eigenvalue weighted by Gasteiger charge is -2.31. The largest absolute Gasteiger partial charge is 0.328 e. The zero-order valence-electron chi connectivity index (χ0n) is 10.4. The Bertz CT molecular complexity index is 630. The van der Waals surface area contributed by atoms with E-state index < -0.39 is 21.9 Å². The third-order valence-electron chi connectivity index (χ3n) is 3.96. The zero-order chi connectivity index (χ0) is 14.4. The van der Waals surface area contributed by atoms with Gasteiger partial charge in [0.2, 0.25) is 11.9 Å². The van der Waals surface area contributed by atoms with E-state index in [2.05, 4.69) is 0 Å². The van der Waals surface area contributed by atoms with E-state index in [-0.39, 0.29) is 18.0 Å². The first-order valence-electron chi connectivity index (χ1n) is 6.19. The fraction of sp³-hybridized carbons (Fsp3) is 0.417. The molecule has 0 radical (unpaired) electrons. The number of rotatable bonds is 2. The first kappa shape index (κ1) is 12.5. The van der Waals surface area contributed by atoms with Gasteiger partial charge in [0.25, 0.3) is 5.69 Å². The van der Waals surface area contributed by atoms with Crippen LogP contribution in [0.15, 0.2) is 18.2 Å². The number of carbonyl (C=O) groups excluding carboxylic acids is 1. The van der Waals surface area contributed by atoms with Crippen molar-refractivity contribution in [1.82, 2.24) is 4.90 Å². The molecular weight excluding hydrogens is 266 g/mol. The third-order valence-corrected chi connectivity index (χ3v) is 3.96. The highest BCUT2D eigenvalue weighted by Gasteiger charge is 2.50. The number of carbonyl (C=O) groups is 1. The van der Waals surface area contributed by atoms with Crippen LogP contribution in [0.4, 0.5) is 5.69 Å². The average molecular weight is 277 g/mol. The van der Waals surface area contributed by atoms with Crippen LogP contribution in [0.25, 0.3) is 0 Å². The number of nitro groups is 2. The van der Waals surface area contributed by atoms with Gasteiger partial charge in [-0.1, -0.05) is 6.07 Å². The van der Waals surface area contributed by atoms with Crippen molar-refractivity contribution in [3.8, 4) is 0 Å². The molecule has 0 N–H and O–H groups in total. The Labute approximate surface area is 113 Å². The van der Waals surface area contributed by atoms with Crippen LogP contribution in [-0.2, 0) is 11.2 Å². The molecule has 0 unspecified atom stereocenters. The van der Waals surface area contributed by atoms with Gasteiger partial charge >= 0.3 is 0 Å². The first-order valence-corrected chi connectivity index (χ1v) is 6.19. The summed E-state index contributed by atoms with van der Waals surface area (Å²) in [6, 6.07) is 2.68. The summed E-state index contributed by atoms with van der Waals surface area (Å²) < 4.78 is 0. The Kier molecular flexibility index (Phi) is 2.66. The van der Waals surface area contributed by atoms with Crippen LogP contribution in [0.5, 0.6) is 0 Å². The van der Waals surface area contributed by atoms with Crippen molar-refractivity contribution in [3.05, 3.63) is 49.6 Å². The highest BCUT2D eigenvalue weighted by Crippen LogP contribution is 2.40. The van der Waals surface area contributed by atoms with Crippen molar-refractivity contribution in [2.75, 3.05) is 6.54 Å². The standard InChI is InChI=1S/C12H11N3O5/c16-11-6-10(15(19)20)12-9-5-8(14(17)18)2-1-7(9)3-4-13(11)12/h1-2,5,10,12H,3-4,6H2/t10-,12+/m1/s1. The van der Waals surface area contributed by atoms with E-state index in [9.17, 15) is 25.0 Å². The number of nitrogens with zero attached hydrogens (tertiary/aromatic N) is 3. The summed E-state index contributed by atoms with van der Waals surface area (Å²) in [6.45, 7) is 0.429. The van der Waals surface area contributed by atoms with Gasteiger partial charge in [-0.3, -0.25) is 25.0 Å². The Balaban J connectivity index is 2.11. The van der Waals surface area contributed by atoms with Crippen molar-refractivity contribution < 1.29 is 14.6 Å². The lowest BCUT2D eigenvalue weighted by molar-refractivity contribution is -0.525. The van der Waals surface area contributed by atoms with Crippen molar-refractivity contribution in [1.29, 1.82) is 0 Å². The summed E-state index contributed by atoms with van der Waals surface area (Å²) in [4.78, 5) is 34.3. The van der Waals surface area contributed by atoms with Gasteiger partial charge in [0.05, 0.1) is 11.3 Å². The summed E-state index contributed by atoms with van der Waals surface area (Å²) >= 11 is 0. The highest BCUT2D eigenvalue weighted by atomic mass is 16.6. The Hall–Kier alpha value is -2.51. The molecule has 2 heterocycles. The van der Waals surface area contributed by atoms with Gasteiger partial charge in [0, 0.05) is 23.6 Å². The van der Waals surface area contributed by atoms with Gasteiger partial charge in [0.1, 0.15) is 6.04 Å². The molecule has 8 heteroatoms. The van der Waals surface area contributed by atoms with Gasteiger partial charge in [-0.25, -0.2) is 0 Å². The maximum Gasteiger partial charge on any atom is 0.269 e. The molecule has 2 aliphatic heterocycles. The molecule has 1 fully saturated rings. The molecule has 0 saturated carbocycles. The molecule has 0 aliphatic carbocycles. The van der Waals surface area contributed by atoms with Crippen molar-refractivity contribution >= 4 is 11.6 Å². The molecular formula is C12H11N3O5. The van der Waals surface area contributed by atoms with Gasteiger partial charge in [-0.05, 0) is 17.5 Å². The number of nitro benzene ring substituents is 1. The van der Waals surface area contributed by atoms with Crippen molar-refractivity contribution in [3.63, 3.8) is 0 Å². The molecule has 0 spiro atoms. The summed E-state index contributed by atoms with van der Waals surface area (Å²) in [5.41, 5.74) is 1.28. The van der Waals surface area contributed by atoms with Crippen LogP contribution < -0.4 is 0 Å². The molecule has 0 bridgehead atoms. The maximum atomic E-state index is 11.8. The van der Waals surface area contributed by atoms with Crippen LogP contribution in [0.3, 0.4) is 0 Å². The second-order valence-corrected chi connectivity index (χ2v) is 4.98. The van der Waals surface area contributed by atoms with E-state index in [1.807, 2.05) is 0 Å². The summed E-state index contributed by atoms with van der Waals surface area (Å²) in [7, 11) is 0. The van der Waals surface area contributed by atoms with Gasteiger partial charge < -0.3 is 4.90 Å². The van der Waals surface area contributed by atoms with E-state index in [4.69, 9.17) is 0 Å². The van der Waals surface area contributed by atoms with Crippen LogP contribution in [0, 0.1) is 20.2 Å². The summed E-state index contributed by atoms with van der Waals surface area (Å²) in [5.74, 6) is -0.256. The molecule has 2 atom stereocenters. The minimum Gasteiger partial charge on any atom is -0.328 e. The molecule has 0 aromatic heterocycles. The van der Waals surface area contributed by atoms with Crippen LogP contribution in [0.2, 0.25) is 0 Å². The third kappa shape index (κ3) is 1.72. The number of benzene rings is 1. The number of non-ortho nitro benzene ring substituents is 1. The molecule has 1 amide bonds. The molecule has 1 saturated heterocycles. The Morgan fingerprint density at radius 2 is 2.00 bits per heavy atom. The molecule has 1 aromatic carbocycles. The van der Waals surface area contributed by atoms with E-state index in [0.717, 1.165) is 5.56 Å². The molecule has 8 nitrogen and oxygen atoms in total. The summed E-state index contributed by atoms with van der Waals surface area (Å²) in [6.07, 6.45) is 0.430. The van der Waals surface area contributed by atoms with Gasteiger partial charge in [-0.15, -0.1) is 0 Å². The second-order valence-electron chi connectivity index (χ2n) is 4.98. The monoisotopic (exact) mass is 277 g/mol. The van der Waals surface area contributed by atoms with Crippen LogP contribution in [0.1, 0.15) is 23.6 Å². The fourth-order valence-electron chi connectivity index (χ4n) is 3.04.